The van der Waals surface area contributed by atoms with Gasteiger partial charge in [0.25, 0.3) is 0 Å². The SMILES string of the molecule is Cn1nc(C2CC2)cc1NC(=O)NC(CCC(=O)O)Cc1ccccc1. The first-order valence-electron chi connectivity index (χ1n) is 8.88. The molecular formula is C19H24N4O3. The molecule has 0 saturated heterocycles. The number of carbonyl (C=O) groups excluding carboxylic acids is 1. The Kier molecular flexibility index (Phi) is 5.55. The fourth-order valence-corrected chi connectivity index (χ4v) is 2.94. The zero-order chi connectivity index (χ0) is 18.5. The van der Waals surface area contributed by atoms with Crippen molar-refractivity contribution in [2.45, 2.75) is 44.1 Å². The van der Waals surface area contributed by atoms with Gasteiger partial charge in [-0.05, 0) is 31.2 Å². The number of amides is 2. The number of carboxylic acids is 1. The van der Waals surface area contributed by atoms with E-state index >= 15 is 0 Å². The molecule has 0 bridgehead atoms. The molecule has 0 spiro atoms. The van der Waals surface area contributed by atoms with Crippen LogP contribution in [-0.2, 0) is 18.3 Å². The lowest BCUT2D eigenvalue weighted by Gasteiger charge is -2.18. The van der Waals surface area contributed by atoms with E-state index in [0.717, 1.165) is 24.1 Å². The van der Waals surface area contributed by atoms with Crippen molar-refractivity contribution in [1.29, 1.82) is 0 Å². The van der Waals surface area contributed by atoms with E-state index in [1.165, 1.54) is 0 Å². The molecule has 7 heteroatoms. The molecule has 138 valence electrons. The number of carbonyl (C=O) groups is 2. The van der Waals surface area contributed by atoms with E-state index in [2.05, 4.69) is 15.7 Å². The third kappa shape index (κ3) is 5.08. The Hall–Kier alpha value is -2.83. The number of aliphatic carboxylic acids is 1. The largest absolute Gasteiger partial charge is 0.481 e. The summed E-state index contributed by atoms with van der Waals surface area (Å²) in [6, 6.07) is 11.0. The third-order valence-electron chi connectivity index (χ3n) is 4.50. The van der Waals surface area contributed by atoms with Crippen molar-refractivity contribution in [2.24, 2.45) is 7.05 Å². The summed E-state index contributed by atoms with van der Waals surface area (Å²) in [5.74, 6) is 0.285. The van der Waals surface area contributed by atoms with Crippen LogP contribution >= 0.6 is 0 Å². The van der Waals surface area contributed by atoms with E-state index < -0.39 is 5.97 Å². The van der Waals surface area contributed by atoms with Gasteiger partial charge in [0.05, 0.1) is 5.69 Å². The quantitative estimate of drug-likeness (QED) is 0.677. The highest BCUT2D eigenvalue weighted by Crippen LogP contribution is 2.39. The predicted molar refractivity (Wildman–Crippen MR) is 98.1 cm³/mol. The second kappa shape index (κ2) is 8.03. The minimum atomic E-state index is -0.869. The highest BCUT2D eigenvalue weighted by atomic mass is 16.4. The van der Waals surface area contributed by atoms with Gasteiger partial charge in [0.2, 0.25) is 0 Å². The second-order valence-corrected chi connectivity index (χ2v) is 6.77. The summed E-state index contributed by atoms with van der Waals surface area (Å²) in [4.78, 5) is 23.3. The van der Waals surface area contributed by atoms with Crippen LogP contribution in [0.25, 0.3) is 0 Å². The summed E-state index contributed by atoms with van der Waals surface area (Å²) < 4.78 is 1.66. The minimum absolute atomic E-state index is 0.00924. The van der Waals surface area contributed by atoms with E-state index in [9.17, 15) is 9.59 Å². The van der Waals surface area contributed by atoms with Crippen LogP contribution in [0.3, 0.4) is 0 Å². The molecular weight excluding hydrogens is 332 g/mol. The molecule has 1 unspecified atom stereocenters. The fraction of sp³-hybridized carbons (Fsp3) is 0.421. The third-order valence-corrected chi connectivity index (χ3v) is 4.50. The van der Waals surface area contributed by atoms with Crippen LogP contribution in [0.2, 0.25) is 0 Å². The van der Waals surface area contributed by atoms with Gasteiger partial charge in [0.1, 0.15) is 5.82 Å². The zero-order valence-electron chi connectivity index (χ0n) is 14.8. The van der Waals surface area contributed by atoms with Gasteiger partial charge in [-0.15, -0.1) is 0 Å². The van der Waals surface area contributed by atoms with Gasteiger partial charge in [-0.2, -0.15) is 5.10 Å². The van der Waals surface area contributed by atoms with Crippen molar-refractivity contribution >= 4 is 17.8 Å². The minimum Gasteiger partial charge on any atom is -0.481 e. The molecule has 1 aromatic carbocycles. The lowest BCUT2D eigenvalue weighted by molar-refractivity contribution is -0.137. The molecule has 1 atom stereocenters. The van der Waals surface area contributed by atoms with Crippen LogP contribution in [0.5, 0.6) is 0 Å². The molecule has 3 N–H and O–H groups in total. The lowest BCUT2D eigenvalue weighted by Crippen LogP contribution is -2.40. The first-order chi connectivity index (χ1) is 12.5. The van der Waals surface area contributed by atoms with Crippen LogP contribution in [-0.4, -0.2) is 32.9 Å². The molecule has 7 nitrogen and oxygen atoms in total. The lowest BCUT2D eigenvalue weighted by atomic mass is 10.0. The molecule has 1 aliphatic rings. The molecule has 3 rings (SSSR count). The van der Waals surface area contributed by atoms with Crippen molar-refractivity contribution in [3.8, 4) is 0 Å². The summed E-state index contributed by atoms with van der Waals surface area (Å²) >= 11 is 0. The summed E-state index contributed by atoms with van der Waals surface area (Å²) in [7, 11) is 1.80. The highest BCUT2D eigenvalue weighted by molar-refractivity contribution is 5.88. The van der Waals surface area contributed by atoms with E-state index in [4.69, 9.17) is 5.11 Å². The maximum atomic E-state index is 12.4. The van der Waals surface area contributed by atoms with Gasteiger partial charge in [-0.3, -0.25) is 14.8 Å². The Labute approximate surface area is 152 Å². The van der Waals surface area contributed by atoms with Gasteiger partial charge in [0.15, 0.2) is 0 Å². The second-order valence-electron chi connectivity index (χ2n) is 6.77. The van der Waals surface area contributed by atoms with Crippen LogP contribution in [0.4, 0.5) is 10.6 Å². The number of aromatic nitrogens is 2. The van der Waals surface area contributed by atoms with Crippen molar-refractivity contribution in [3.63, 3.8) is 0 Å². The molecule has 1 heterocycles. The summed E-state index contributed by atoms with van der Waals surface area (Å²) in [5, 5.41) is 19.1. The van der Waals surface area contributed by atoms with Crippen LogP contribution in [0, 0.1) is 0 Å². The highest BCUT2D eigenvalue weighted by Gasteiger charge is 2.27. The number of aryl methyl sites for hydroxylation is 1. The number of urea groups is 1. The van der Waals surface area contributed by atoms with Gasteiger partial charge < -0.3 is 10.4 Å². The molecule has 2 amide bonds. The van der Waals surface area contributed by atoms with Gasteiger partial charge >= 0.3 is 12.0 Å². The normalized spacial score (nSPS) is 14.7. The van der Waals surface area contributed by atoms with Crippen LogP contribution in [0.1, 0.15) is 42.9 Å². The van der Waals surface area contributed by atoms with Crippen molar-refractivity contribution in [3.05, 3.63) is 47.7 Å². The molecule has 1 aliphatic carbocycles. The number of carboxylic acid groups (broad SMARTS) is 1. The maximum absolute atomic E-state index is 12.4. The first-order valence-corrected chi connectivity index (χ1v) is 8.88. The first kappa shape index (κ1) is 18.0. The number of hydrogen-bond donors (Lipinski definition) is 3. The number of benzene rings is 1. The smallest absolute Gasteiger partial charge is 0.320 e. The number of anilines is 1. The van der Waals surface area contributed by atoms with Crippen molar-refractivity contribution in [1.82, 2.24) is 15.1 Å². The monoisotopic (exact) mass is 356 g/mol. The van der Waals surface area contributed by atoms with E-state index in [1.807, 2.05) is 36.4 Å². The average molecular weight is 356 g/mol. The number of rotatable bonds is 8. The van der Waals surface area contributed by atoms with Crippen LogP contribution < -0.4 is 10.6 Å². The summed E-state index contributed by atoms with van der Waals surface area (Å²) in [6.07, 6.45) is 3.26. The predicted octanol–water partition coefficient (Wildman–Crippen LogP) is 2.90. The Morgan fingerprint density at radius 1 is 1.31 bits per heavy atom. The zero-order valence-corrected chi connectivity index (χ0v) is 14.8. The Balaban J connectivity index is 1.61. The molecule has 1 saturated carbocycles. The number of nitrogens with zero attached hydrogens (tertiary/aromatic N) is 2. The Morgan fingerprint density at radius 3 is 2.69 bits per heavy atom. The molecule has 0 aliphatic heterocycles. The molecule has 0 radical (unpaired) electrons. The van der Waals surface area contributed by atoms with E-state index in [1.54, 1.807) is 11.7 Å². The van der Waals surface area contributed by atoms with Gasteiger partial charge in [0, 0.05) is 31.5 Å². The fourth-order valence-electron chi connectivity index (χ4n) is 2.94. The average Bonchev–Trinajstić information content (AvgIpc) is 3.39. The summed E-state index contributed by atoms with van der Waals surface area (Å²) in [5.41, 5.74) is 2.06. The van der Waals surface area contributed by atoms with Gasteiger partial charge in [-0.1, -0.05) is 30.3 Å². The Morgan fingerprint density at radius 2 is 2.04 bits per heavy atom. The molecule has 26 heavy (non-hydrogen) atoms. The molecule has 2 aromatic rings. The summed E-state index contributed by atoms with van der Waals surface area (Å²) in [6.45, 7) is 0. The molecule has 1 aromatic heterocycles. The number of hydrogen-bond acceptors (Lipinski definition) is 3. The van der Waals surface area contributed by atoms with Crippen LogP contribution in [0.15, 0.2) is 36.4 Å². The molecule has 1 fully saturated rings. The van der Waals surface area contributed by atoms with Crippen molar-refractivity contribution < 1.29 is 14.7 Å². The van der Waals surface area contributed by atoms with E-state index in [0.29, 0.717) is 24.6 Å². The maximum Gasteiger partial charge on any atom is 0.320 e. The van der Waals surface area contributed by atoms with Gasteiger partial charge in [-0.25, -0.2) is 4.79 Å². The standard InChI is InChI=1S/C19H24N4O3/c1-23-17(12-16(22-23)14-7-8-14)21-19(26)20-15(9-10-18(24)25)11-13-5-3-2-4-6-13/h2-6,12,14-15H,7-11H2,1H3,(H,24,25)(H2,20,21,26). The Bertz CT molecular complexity index is 768. The van der Waals surface area contributed by atoms with E-state index in [-0.39, 0.29) is 18.5 Å². The topological polar surface area (TPSA) is 96.3 Å². The van der Waals surface area contributed by atoms with Crippen molar-refractivity contribution in [2.75, 3.05) is 5.32 Å². The number of nitrogens with one attached hydrogen (secondary N) is 2.